The lowest BCUT2D eigenvalue weighted by Gasteiger charge is -2.32. The zero-order chi connectivity index (χ0) is 20.4. The van der Waals surface area contributed by atoms with Crippen LogP contribution in [0.4, 0.5) is 0 Å². The number of ether oxygens (including phenoxy) is 1. The molecule has 3 aromatic rings. The van der Waals surface area contributed by atoms with Crippen LogP contribution in [-0.4, -0.2) is 60.6 Å². The molecule has 4 rings (SSSR count). The Balaban J connectivity index is 1.75. The van der Waals surface area contributed by atoms with Gasteiger partial charge in [-0.15, -0.1) is 0 Å². The average Bonchev–Trinajstić information content (AvgIpc) is 3.06. The molecule has 0 bridgehead atoms. The highest BCUT2D eigenvalue weighted by molar-refractivity contribution is 6.11. The number of unbranched alkanes of at least 4 members (excludes halogenated alkanes) is 2. The van der Waals surface area contributed by atoms with Crippen LogP contribution < -0.4 is 4.74 Å². The Morgan fingerprint density at radius 2 is 1.76 bits per heavy atom. The van der Waals surface area contributed by atoms with Crippen molar-refractivity contribution in [2.75, 3.05) is 40.3 Å². The standard InChI is InChI=1S/C24H31N3O2/c1-4-5-6-11-27-22-10-7-18(24(28)26-14-12-25(2)13-15-26)16-21(22)20-9-8-19(29-3)17-23(20)27/h7-10,16-17H,4-6,11-15H2,1-3H3. The number of aromatic nitrogens is 1. The molecular formula is C24H31N3O2. The Hall–Kier alpha value is -2.53. The van der Waals surface area contributed by atoms with Crippen LogP contribution in [0.25, 0.3) is 21.8 Å². The Morgan fingerprint density at radius 1 is 0.966 bits per heavy atom. The third-order valence-electron chi connectivity index (χ3n) is 6.10. The van der Waals surface area contributed by atoms with E-state index in [2.05, 4.69) is 47.7 Å². The molecule has 0 aliphatic carbocycles. The highest BCUT2D eigenvalue weighted by Crippen LogP contribution is 2.33. The fraction of sp³-hybridized carbons (Fsp3) is 0.458. The number of hydrogen-bond acceptors (Lipinski definition) is 3. The van der Waals surface area contributed by atoms with Crippen LogP contribution in [0.3, 0.4) is 0 Å². The predicted octanol–water partition coefficient (Wildman–Crippen LogP) is 4.38. The van der Waals surface area contributed by atoms with Crippen LogP contribution in [0, 0.1) is 0 Å². The van der Waals surface area contributed by atoms with Gasteiger partial charge < -0.3 is 19.1 Å². The van der Waals surface area contributed by atoms with Gasteiger partial charge in [-0.05, 0) is 43.8 Å². The number of piperazine rings is 1. The zero-order valence-corrected chi connectivity index (χ0v) is 17.8. The second-order valence-corrected chi connectivity index (χ2v) is 8.07. The summed E-state index contributed by atoms with van der Waals surface area (Å²) in [6.45, 7) is 6.67. The molecular weight excluding hydrogens is 362 g/mol. The van der Waals surface area contributed by atoms with Gasteiger partial charge in [0.1, 0.15) is 5.75 Å². The van der Waals surface area contributed by atoms with Gasteiger partial charge in [0.25, 0.3) is 5.91 Å². The molecule has 1 aromatic heterocycles. The van der Waals surface area contributed by atoms with E-state index < -0.39 is 0 Å². The SMILES string of the molecule is CCCCCn1c2ccc(C(=O)N3CCN(C)CC3)cc2c2ccc(OC)cc21. The number of nitrogens with zero attached hydrogens (tertiary/aromatic N) is 3. The molecule has 0 atom stereocenters. The first-order valence-electron chi connectivity index (χ1n) is 10.7. The topological polar surface area (TPSA) is 37.7 Å². The van der Waals surface area contributed by atoms with Crippen molar-refractivity contribution in [3.05, 3.63) is 42.0 Å². The monoisotopic (exact) mass is 393 g/mol. The van der Waals surface area contributed by atoms with Crippen LogP contribution >= 0.6 is 0 Å². The van der Waals surface area contributed by atoms with Crippen LogP contribution in [-0.2, 0) is 6.54 Å². The van der Waals surface area contributed by atoms with Crippen molar-refractivity contribution in [1.29, 1.82) is 0 Å². The summed E-state index contributed by atoms with van der Waals surface area (Å²) in [5.74, 6) is 1.01. The lowest BCUT2D eigenvalue weighted by Crippen LogP contribution is -2.47. The molecule has 5 nitrogen and oxygen atoms in total. The minimum Gasteiger partial charge on any atom is -0.497 e. The molecule has 1 aliphatic heterocycles. The van der Waals surface area contributed by atoms with Crippen molar-refractivity contribution >= 4 is 27.7 Å². The number of hydrogen-bond donors (Lipinski definition) is 0. The van der Waals surface area contributed by atoms with Crippen LogP contribution in [0.5, 0.6) is 5.75 Å². The van der Waals surface area contributed by atoms with Crippen LogP contribution in [0.1, 0.15) is 36.5 Å². The molecule has 0 spiro atoms. The molecule has 154 valence electrons. The Labute approximate surface area is 172 Å². The third kappa shape index (κ3) is 3.84. The Bertz CT molecular complexity index is 1020. The largest absolute Gasteiger partial charge is 0.497 e. The molecule has 2 aromatic carbocycles. The number of likely N-dealkylation sites (N-methyl/N-ethyl adjacent to an activating group) is 1. The second kappa shape index (κ2) is 8.46. The maximum Gasteiger partial charge on any atom is 0.253 e. The van der Waals surface area contributed by atoms with Crippen molar-refractivity contribution in [3.8, 4) is 5.75 Å². The van der Waals surface area contributed by atoms with Crippen LogP contribution in [0.15, 0.2) is 36.4 Å². The van der Waals surface area contributed by atoms with E-state index in [-0.39, 0.29) is 5.91 Å². The van der Waals surface area contributed by atoms with Gasteiger partial charge in [-0.2, -0.15) is 0 Å². The van der Waals surface area contributed by atoms with E-state index in [1.54, 1.807) is 7.11 Å². The molecule has 1 saturated heterocycles. The number of carbonyl (C=O) groups excluding carboxylic acids is 1. The summed E-state index contributed by atoms with van der Waals surface area (Å²) in [5, 5.41) is 2.34. The van der Waals surface area contributed by atoms with Crippen molar-refractivity contribution in [3.63, 3.8) is 0 Å². The van der Waals surface area contributed by atoms with E-state index >= 15 is 0 Å². The molecule has 0 saturated carbocycles. The second-order valence-electron chi connectivity index (χ2n) is 8.07. The first kappa shape index (κ1) is 19.8. The minimum absolute atomic E-state index is 0.139. The molecule has 1 fully saturated rings. The third-order valence-corrected chi connectivity index (χ3v) is 6.10. The molecule has 5 heteroatoms. The normalized spacial score (nSPS) is 15.3. The van der Waals surface area contributed by atoms with Gasteiger partial charge in [0.15, 0.2) is 0 Å². The van der Waals surface area contributed by atoms with Gasteiger partial charge in [-0.3, -0.25) is 4.79 Å². The average molecular weight is 394 g/mol. The minimum atomic E-state index is 0.139. The summed E-state index contributed by atoms with van der Waals surface area (Å²) >= 11 is 0. The van der Waals surface area contributed by atoms with E-state index in [0.717, 1.165) is 55.8 Å². The van der Waals surface area contributed by atoms with Gasteiger partial charge in [0, 0.05) is 60.6 Å². The summed E-state index contributed by atoms with van der Waals surface area (Å²) in [4.78, 5) is 17.3. The number of carbonyl (C=O) groups is 1. The van der Waals surface area contributed by atoms with E-state index in [4.69, 9.17) is 4.74 Å². The lowest BCUT2D eigenvalue weighted by atomic mass is 10.1. The first-order chi connectivity index (χ1) is 14.1. The number of fused-ring (bicyclic) bond motifs is 3. The lowest BCUT2D eigenvalue weighted by molar-refractivity contribution is 0.0664. The summed E-state index contributed by atoms with van der Waals surface area (Å²) in [7, 11) is 3.81. The van der Waals surface area contributed by atoms with Gasteiger partial charge >= 0.3 is 0 Å². The molecule has 0 unspecified atom stereocenters. The van der Waals surface area contributed by atoms with E-state index in [0.29, 0.717) is 0 Å². The number of benzene rings is 2. The predicted molar refractivity (Wildman–Crippen MR) is 119 cm³/mol. The van der Waals surface area contributed by atoms with E-state index in [1.807, 2.05) is 17.0 Å². The molecule has 1 amide bonds. The molecule has 29 heavy (non-hydrogen) atoms. The summed E-state index contributed by atoms with van der Waals surface area (Å²) < 4.78 is 7.85. The molecule has 0 radical (unpaired) electrons. The maximum absolute atomic E-state index is 13.1. The fourth-order valence-corrected chi connectivity index (χ4v) is 4.29. The number of amides is 1. The molecule has 1 aliphatic rings. The highest BCUT2D eigenvalue weighted by Gasteiger charge is 2.21. The number of rotatable bonds is 6. The first-order valence-corrected chi connectivity index (χ1v) is 10.7. The smallest absolute Gasteiger partial charge is 0.253 e. The quantitative estimate of drug-likeness (QED) is 0.583. The van der Waals surface area contributed by atoms with Gasteiger partial charge in [0.2, 0.25) is 0 Å². The van der Waals surface area contributed by atoms with Gasteiger partial charge in [-0.1, -0.05) is 19.8 Å². The number of methoxy groups -OCH3 is 1. The highest BCUT2D eigenvalue weighted by atomic mass is 16.5. The van der Waals surface area contributed by atoms with Gasteiger partial charge in [0.05, 0.1) is 12.6 Å². The zero-order valence-electron chi connectivity index (χ0n) is 17.8. The maximum atomic E-state index is 13.1. The van der Waals surface area contributed by atoms with E-state index in [9.17, 15) is 4.79 Å². The molecule has 0 N–H and O–H groups in total. The summed E-state index contributed by atoms with van der Waals surface area (Å²) in [6, 6.07) is 12.4. The van der Waals surface area contributed by atoms with Crippen LogP contribution in [0.2, 0.25) is 0 Å². The van der Waals surface area contributed by atoms with Gasteiger partial charge in [-0.25, -0.2) is 0 Å². The summed E-state index contributed by atoms with van der Waals surface area (Å²) in [6.07, 6.45) is 3.56. The fourth-order valence-electron chi connectivity index (χ4n) is 4.29. The van der Waals surface area contributed by atoms with Crippen molar-refractivity contribution in [2.24, 2.45) is 0 Å². The van der Waals surface area contributed by atoms with Crippen molar-refractivity contribution in [2.45, 2.75) is 32.7 Å². The molecule has 2 heterocycles. The summed E-state index contributed by atoms with van der Waals surface area (Å²) in [5.41, 5.74) is 3.16. The Morgan fingerprint density at radius 3 is 2.48 bits per heavy atom. The Kier molecular flexibility index (Phi) is 5.76. The van der Waals surface area contributed by atoms with E-state index in [1.165, 1.54) is 29.3 Å². The number of aryl methyl sites for hydroxylation is 1. The van der Waals surface area contributed by atoms with Crippen molar-refractivity contribution < 1.29 is 9.53 Å². The van der Waals surface area contributed by atoms with Crippen molar-refractivity contribution in [1.82, 2.24) is 14.4 Å².